The van der Waals surface area contributed by atoms with Crippen LogP contribution in [0.2, 0.25) is 20.1 Å². The predicted molar refractivity (Wildman–Crippen MR) is 514 cm³/mol. The quantitative estimate of drug-likeness (QED) is 0.0192. The van der Waals surface area contributed by atoms with E-state index >= 15 is 0 Å². The molecule has 19 nitrogen and oxygen atoms in total. The van der Waals surface area contributed by atoms with Gasteiger partial charge in [0.25, 0.3) is 0 Å². The third kappa shape index (κ3) is 24.9. The summed E-state index contributed by atoms with van der Waals surface area (Å²) in [5.74, 6) is 4.61. The molecule has 8 aromatic carbocycles. The van der Waals surface area contributed by atoms with Crippen LogP contribution in [0.4, 0.5) is 0 Å². The Bertz CT molecular complexity index is 5260. The molecule has 2 saturated heterocycles. The van der Waals surface area contributed by atoms with Crippen LogP contribution in [-0.4, -0.2) is 231 Å². The monoisotopic (exact) mass is 1800 g/mol. The van der Waals surface area contributed by atoms with Crippen LogP contribution >= 0.6 is 46.4 Å². The summed E-state index contributed by atoms with van der Waals surface area (Å²) >= 11 is 25.0. The Balaban J connectivity index is 0.000000131. The normalized spacial score (nSPS) is 18.7. The van der Waals surface area contributed by atoms with Crippen molar-refractivity contribution in [1.29, 1.82) is 0 Å². The number of benzene rings is 8. The minimum absolute atomic E-state index is 0.242. The first-order valence-electron chi connectivity index (χ1n) is 46.1. The summed E-state index contributed by atoms with van der Waals surface area (Å²) in [6, 6.07) is 57.8. The number of aryl methyl sites for hydroxylation is 4. The minimum Gasteiger partial charge on any atom is -0.491 e. The van der Waals surface area contributed by atoms with Gasteiger partial charge < -0.3 is 88.2 Å². The smallest absolute Gasteiger partial charge is 0.119 e. The average molecular weight is 1810 g/mol. The summed E-state index contributed by atoms with van der Waals surface area (Å²) < 4.78 is 38.9. The third-order valence-corrected chi connectivity index (χ3v) is 27.2. The van der Waals surface area contributed by atoms with E-state index in [2.05, 4.69) is 132 Å². The SMILES string of the molecule is COCCN(C)CC(O)COc1ccc(C2CCCc3c2[nH]c2ccc(Cl)cc32)cc1.COCCN(CCOC)CC(O)COc1ccc(C2CCCc3c2[nH]c2ccc(Cl)cc32)cc1.OC(COc1ccc(C2CCCc3c2[nH]c2ccc(Cl)cc32)cc1)CN1CCCCC1.OC(COc1ccc(C2CCCc3c2[nH]c2ccc(Cl)cc32)cc1)CN1CCCCC1. The molecule has 23 heteroatoms. The largest absolute Gasteiger partial charge is 0.491 e. The van der Waals surface area contributed by atoms with Crippen LogP contribution in [0.1, 0.15) is 181 Å². The van der Waals surface area contributed by atoms with E-state index in [0.29, 0.717) is 82.9 Å². The van der Waals surface area contributed by atoms with E-state index in [1.165, 1.54) is 151 Å². The van der Waals surface area contributed by atoms with Crippen LogP contribution in [0, 0.1) is 0 Å². The summed E-state index contributed by atoms with van der Waals surface area (Å²) in [4.78, 5) is 23.5. The topological polar surface area (TPSA) is 222 Å². The predicted octanol–water partition coefficient (Wildman–Crippen LogP) is 20.3. The highest BCUT2D eigenvalue weighted by Gasteiger charge is 2.32. The lowest BCUT2D eigenvalue weighted by atomic mass is 9.82. The van der Waals surface area contributed by atoms with Crippen LogP contribution in [-0.2, 0) is 39.9 Å². The van der Waals surface area contributed by atoms with Crippen molar-refractivity contribution in [2.24, 2.45) is 0 Å². The van der Waals surface area contributed by atoms with Gasteiger partial charge in [-0.1, -0.05) is 108 Å². The first kappa shape index (κ1) is 93.5. The number of β-amino-alcohol motifs (C(OH)–C–C–N with tert-alkyl or cyclic N) is 2. The second kappa shape index (κ2) is 46.1. The van der Waals surface area contributed by atoms with E-state index in [1.807, 2.05) is 84.7 Å². The maximum atomic E-state index is 10.5. The zero-order chi connectivity index (χ0) is 88.1. The molecule has 127 heavy (non-hydrogen) atoms. The van der Waals surface area contributed by atoms with Gasteiger partial charge in [0.05, 0.1) is 19.8 Å². The molecular weight excluding hydrogens is 1680 g/mol. The molecule has 12 aromatic rings. The zero-order valence-corrected chi connectivity index (χ0v) is 77.2. The molecule has 6 aliphatic rings. The molecule has 2 fully saturated rings. The summed E-state index contributed by atoms with van der Waals surface area (Å²) in [5.41, 5.74) is 20.7. The van der Waals surface area contributed by atoms with Gasteiger partial charge in [0.15, 0.2) is 0 Å². The van der Waals surface area contributed by atoms with Gasteiger partial charge >= 0.3 is 0 Å². The Kier molecular flexibility index (Phi) is 33.9. The number of nitrogens with zero attached hydrogens (tertiary/aromatic N) is 4. The molecule has 8 unspecified atom stereocenters. The average Bonchev–Trinajstić information content (AvgIpc) is 1.64. The number of aromatic amines is 4. The number of hydrogen-bond acceptors (Lipinski definition) is 15. The van der Waals surface area contributed by atoms with Crippen LogP contribution in [0.3, 0.4) is 0 Å². The number of rotatable bonds is 33. The number of nitrogens with one attached hydrogen (secondary N) is 4. The Hall–Kier alpha value is -8.16. The number of ether oxygens (including phenoxy) is 7. The Labute approximate surface area is 768 Å². The first-order chi connectivity index (χ1) is 62.0. The minimum atomic E-state index is -0.590. The second-order valence-corrected chi connectivity index (χ2v) is 37.3. The summed E-state index contributed by atoms with van der Waals surface area (Å²) in [6.07, 6.45) is 19.1. The second-order valence-electron chi connectivity index (χ2n) is 35.5. The van der Waals surface area contributed by atoms with Gasteiger partial charge in [-0.25, -0.2) is 0 Å². The molecule has 18 rings (SSSR count). The number of hydrogen-bond donors (Lipinski definition) is 8. The van der Waals surface area contributed by atoms with Gasteiger partial charge in [-0.05, 0) is 302 Å². The molecule has 0 bridgehead atoms. The maximum absolute atomic E-state index is 10.5. The van der Waals surface area contributed by atoms with Gasteiger partial charge in [0.1, 0.15) is 73.8 Å². The molecule has 0 spiro atoms. The highest BCUT2D eigenvalue weighted by atomic mass is 35.5. The molecule has 678 valence electrons. The van der Waals surface area contributed by atoms with Crippen molar-refractivity contribution in [3.05, 3.63) is 257 Å². The van der Waals surface area contributed by atoms with Crippen LogP contribution in [0.5, 0.6) is 23.0 Å². The third-order valence-electron chi connectivity index (χ3n) is 26.3. The standard InChI is InChI=1S/C27H35ClN2O4.2C26H31ClN2O2.C25H31ClN2O3/c1-32-14-12-30(13-15-33-2)17-21(31)18-34-22-9-6-19(7-10-22)23-4-3-5-24-25-16-20(28)8-11-26(25)29-27(23)24;2*27-19-9-12-25-24(15-19)23-6-4-5-22(26(23)28-25)18-7-10-21(11-8-18)31-17-20(30)16-29-13-2-1-3-14-29;1-28(12-13-30-2)15-19(29)16-31-20-9-6-17(7-10-20)21-4-3-5-22-23-14-18(26)8-11-24(23)27-25(21)22/h6-11,16,21,23,29,31H,3-5,12-15,17-18H2,1-2H3;2*7-12,15,20,22,28,30H,1-6,13-14,16-17H2;6-11,14,19,21,27,29H,3-5,12-13,15-16H2,1-2H3. The van der Waals surface area contributed by atoms with E-state index in [4.69, 9.17) is 79.6 Å². The molecule has 8 atom stereocenters. The Morgan fingerprint density at radius 1 is 0.339 bits per heavy atom. The molecule has 4 aliphatic carbocycles. The lowest BCUT2D eigenvalue weighted by Crippen LogP contribution is -2.39. The van der Waals surface area contributed by atoms with Crippen molar-refractivity contribution < 1.29 is 53.6 Å². The summed E-state index contributed by atoms with van der Waals surface area (Å²) in [5, 5.41) is 49.5. The van der Waals surface area contributed by atoms with Crippen LogP contribution in [0.25, 0.3) is 43.6 Å². The van der Waals surface area contributed by atoms with E-state index in [-0.39, 0.29) is 13.2 Å². The van der Waals surface area contributed by atoms with E-state index < -0.39 is 24.4 Å². The van der Waals surface area contributed by atoms with Gasteiger partial charge in [-0.2, -0.15) is 0 Å². The lowest BCUT2D eigenvalue weighted by molar-refractivity contribution is 0.0460. The fourth-order valence-electron chi connectivity index (χ4n) is 19.9. The highest BCUT2D eigenvalue weighted by molar-refractivity contribution is 6.32. The Morgan fingerprint density at radius 2 is 0.606 bits per heavy atom. The number of likely N-dealkylation sites (N-methyl/N-ethyl adjacent to an activating group) is 1. The lowest BCUT2D eigenvalue weighted by Gasteiger charge is -2.28. The number of halogens is 4. The van der Waals surface area contributed by atoms with E-state index in [9.17, 15) is 20.4 Å². The van der Waals surface area contributed by atoms with Gasteiger partial charge in [-0.15, -0.1) is 0 Å². The van der Waals surface area contributed by atoms with Gasteiger partial charge in [0, 0.05) is 177 Å². The number of likely N-dealkylation sites (tertiary alicyclic amines) is 2. The highest BCUT2D eigenvalue weighted by Crippen LogP contribution is 2.46. The molecule has 4 aromatic heterocycles. The number of aliphatic hydroxyl groups excluding tert-OH is 4. The van der Waals surface area contributed by atoms with Crippen LogP contribution in [0.15, 0.2) is 170 Å². The maximum Gasteiger partial charge on any atom is 0.119 e. The molecular formula is C104H128Cl4N8O11. The van der Waals surface area contributed by atoms with Crippen molar-refractivity contribution in [2.75, 3.05) is 147 Å². The van der Waals surface area contributed by atoms with Crippen LogP contribution < -0.4 is 18.9 Å². The van der Waals surface area contributed by atoms with Crippen molar-refractivity contribution in [1.82, 2.24) is 39.5 Å². The number of piperidine rings is 2. The van der Waals surface area contributed by atoms with E-state index in [0.717, 1.165) is 164 Å². The molecule has 0 saturated carbocycles. The van der Waals surface area contributed by atoms with Gasteiger partial charge in [0.2, 0.25) is 0 Å². The van der Waals surface area contributed by atoms with Crippen molar-refractivity contribution >= 4 is 90.0 Å². The van der Waals surface area contributed by atoms with Crippen molar-refractivity contribution in [2.45, 2.75) is 164 Å². The van der Waals surface area contributed by atoms with Crippen molar-refractivity contribution in [3.63, 3.8) is 0 Å². The van der Waals surface area contributed by atoms with Crippen molar-refractivity contribution in [3.8, 4) is 23.0 Å². The number of H-pyrrole nitrogens is 4. The number of methoxy groups -OCH3 is 3. The molecule has 0 amide bonds. The number of aromatic nitrogens is 4. The zero-order valence-electron chi connectivity index (χ0n) is 74.2. The molecule has 6 heterocycles. The number of fused-ring (bicyclic) bond motifs is 12. The summed E-state index contributed by atoms with van der Waals surface area (Å²) in [7, 11) is 7.01. The Morgan fingerprint density at radius 3 is 0.890 bits per heavy atom. The number of aliphatic hydroxyl groups is 4. The molecule has 2 aliphatic heterocycles. The van der Waals surface area contributed by atoms with E-state index in [1.54, 1.807) is 21.3 Å². The first-order valence-corrected chi connectivity index (χ1v) is 47.6. The summed E-state index contributed by atoms with van der Waals surface area (Å²) in [6.45, 7) is 12.2. The molecule has 0 radical (unpaired) electrons. The van der Waals surface area contributed by atoms with Gasteiger partial charge in [-0.3, -0.25) is 4.90 Å². The molecule has 8 N–H and O–H groups in total. The fraction of sp³-hybridized carbons (Fsp3) is 0.462. The fourth-order valence-corrected chi connectivity index (χ4v) is 20.5.